The molecule has 2 heterocycles. The molecule has 9 rings (SSSR count). The predicted molar refractivity (Wildman–Crippen MR) is 200 cm³/mol. The minimum atomic E-state index is 0.487. The molecule has 0 atom stereocenters. The Bertz CT molecular complexity index is 2920. The van der Waals surface area contributed by atoms with Crippen LogP contribution in [0.3, 0.4) is 0 Å². The molecule has 0 spiro atoms. The highest BCUT2D eigenvalue weighted by atomic mass is 15.0. The minimum absolute atomic E-state index is 0.487. The zero-order valence-corrected chi connectivity index (χ0v) is 26.7. The maximum atomic E-state index is 10.5. The van der Waals surface area contributed by atoms with Crippen LogP contribution in [-0.4, -0.2) is 9.13 Å². The van der Waals surface area contributed by atoms with Gasteiger partial charge in [0.05, 0.1) is 56.6 Å². The lowest BCUT2D eigenvalue weighted by Gasteiger charge is -2.18. The molecule has 0 aliphatic carbocycles. The van der Waals surface area contributed by atoms with Crippen molar-refractivity contribution in [3.8, 4) is 51.8 Å². The highest BCUT2D eigenvalue weighted by Gasteiger charge is 2.22. The average molecular weight is 636 g/mol. The first kappa shape index (κ1) is 28.8. The fourth-order valence-electron chi connectivity index (χ4n) is 7.46. The minimum Gasteiger partial charge on any atom is -0.309 e. The number of benzene rings is 7. The van der Waals surface area contributed by atoms with Crippen LogP contribution in [0.5, 0.6) is 0 Å². The van der Waals surface area contributed by atoms with Crippen molar-refractivity contribution in [1.29, 1.82) is 15.8 Å². The lowest BCUT2D eigenvalue weighted by atomic mass is 9.92. The van der Waals surface area contributed by atoms with Gasteiger partial charge in [-0.15, -0.1) is 0 Å². The Hall–Kier alpha value is -7.39. The normalized spacial score (nSPS) is 11.1. The van der Waals surface area contributed by atoms with E-state index in [0.717, 1.165) is 66.0 Å². The summed E-state index contributed by atoms with van der Waals surface area (Å²) in [7, 11) is 0. The van der Waals surface area contributed by atoms with E-state index in [9.17, 15) is 15.8 Å². The van der Waals surface area contributed by atoms with Gasteiger partial charge in [0.1, 0.15) is 6.07 Å². The first-order valence-corrected chi connectivity index (χ1v) is 16.3. The summed E-state index contributed by atoms with van der Waals surface area (Å²) in [4.78, 5) is 0. The Labute approximate surface area is 287 Å². The van der Waals surface area contributed by atoms with Crippen molar-refractivity contribution in [3.63, 3.8) is 0 Å². The van der Waals surface area contributed by atoms with Gasteiger partial charge in [0.2, 0.25) is 0 Å². The second-order valence-electron chi connectivity index (χ2n) is 12.3. The summed E-state index contributed by atoms with van der Waals surface area (Å²) in [6.45, 7) is 0. The van der Waals surface area contributed by atoms with E-state index in [1.54, 1.807) is 12.1 Å². The van der Waals surface area contributed by atoms with Gasteiger partial charge >= 0.3 is 0 Å². The van der Waals surface area contributed by atoms with Crippen LogP contribution in [0.4, 0.5) is 0 Å². The summed E-state index contributed by atoms with van der Waals surface area (Å²) in [6, 6.07) is 57.7. The molecule has 2 aromatic heterocycles. The number of hydrogen-bond acceptors (Lipinski definition) is 3. The monoisotopic (exact) mass is 635 g/mol. The fraction of sp³-hybridized carbons (Fsp3) is 0. The lowest BCUT2D eigenvalue weighted by molar-refractivity contribution is 1.17. The van der Waals surface area contributed by atoms with Crippen LogP contribution in [0.2, 0.25) is 0 Å². The number of hydrogen-bond donors (Lipinski definition) is 0. The highest BCUT2D eigenvalue weighted by Crippen LogP contribution is 2.41. The molecular weight excluding hydrogens is 611 g/mol. The van der Waals surface area contributed by atoms with Gasteiger partial charge in [-0.1, -0.05) is 91.0 Å². The van der Waals surface area contributed by atoms with E-state index >= 15 is 0 Å². The molecule has 0 bridgehead atoms. The maximum absolute atomic E-state index is 10.5. The number of fused-ring (bicyclic) bond motifs is 6. The first-order chi connectivity index (χ1) is 24.7. The molecule has 5 nitrogen and oxygen atoms in total. The highest BCUT2D eigenvalue weighted by molar-refractivity contribution is 6.11. The summed E-state index contributed by atoms with van der Waals surface area (Å²) in [5, 5.41) is 35.0. The van der Waals surface area contributed by atoms with Crippen molar-refractivity contribution in [2.45, 2.75) is 0 Å². The van der Waals surface area contributed by atoms with E-state index in [1.165, 1.54) is 0 Å². The SMILES string of the molecule is N#Cc1ccc2c3ccccc3n(-c3cccc(-c4cccc(-c5c(C#N)ccc(C#N)c5-n5c6ccccc6c6ccccc65)c4)c3)c2c1. The van der Waals surface area contributed by atoms with Gasteiger partial charge in [0.25, 0.3) is 0 Å². The van der Waals surface area contributed by atoms with Crippen molar-refractivity contribution in [1.82, 2.24) is 9.13 Å². The van der Waals surface area contributed by atoms with E-state index in [4.69, 9.17) is 0 Å². The molecule has 0 radical (unpaired) electrons. The molecule has 9 aromatic rings. The van der Waals surface area contributed by atoms with Crippen LogP contribution in [0.25, 0.3) is 77.2 Å². The van der Waals surface area contributed by atoms with Gasteiger partial charge in [-0.2, -0.15) is 15.8 Å². The summed E-state index contributed by atoms with van der Waals surface area (Å²) >= 11 is 0. The van der Waals surface area contributed by atoms with Gasteiger partial charge in [-0.05, 0) is 77.4 Å². The Kier molecular flexibility index (Phi) is 6.56. The Morgan fingerprint density at radius 1 is 0.380 bits per heavy atom. The molecule has 230 valence electrons. The molecular formula is C45H25N5. The smallest absolute Gasteiger partial charge is 0.101 e. The summed E-state index contributed by atoms with van der Waals surface area (Å²) in [5.41, 5.74) is 10.7. The molecule has 50 heavy (non-hydrogen) atoms. The van der Waals surface area contributed by atoms with Gasteiger partial charge in [0, 0.05) is 32.8 Å². The number of nitriles is 3. The van der Waals surface area contributed by atoms with E-state index < -0.39 is 0 Å². The van der Waals surface area contributed by atoms with Gasteiger partial charge in [0.15, 0.2) is 0 Å². The van der Waals surface area contributed by atoms with Gasteiger partial charge < -0.3 is 9.13 Å². The number of nitrogens with zero attached hydrogens (tertiary/aromatic N) is 5. The quantitative estimate of drug-likeness (QED) is 0.193. The molecule has 0 fully saturated rings. The number of para-hydroxylation sites is 3. The van der Waals surface area contributed by atoms with Crippen LogP contribution in [0.1, 0.15) is 16.7 Å². The third-order valence-corrected chi connectivity index (χ3v) is 9.61. The predicted octanol–water partition coefficient (Wildman–Crippen LogP) is 10.8. The summed E-state index contributed by atoms with van der Waals surface area (Å²) < 4.78 is 4.34. The van der Waals surface area contributed by atoms with Crippen molar-refractivity contribution in [3.05, 3.63) is 168 Å². The van der Waals surface area contributed by atoms with E-state index in [1.807, 2.05) is 72.8 Å². The van der Waals surface area contributed by atoms with E-state index in [2.05, 4.69) is 94.1 Å². The molecule has 7 aromatic carbocycles. The van der Waals surface area contributed by atoms with E-state index in [-0.39, 0.29) is 0 Å². The van der Waals surface area contributed by atoms with Crippen LogP contribution < -0.4 is 0 Å². The van der Waals surface area contributed by atoms with Gasteiger partial charge in [-0.3, -0.25) is 0 Å². The molecule has 0 N–H and O–H groups in total. The summed E-state index contributed by atoms with van der Waals surface area (Å²) in [6.07, 6.45) is 0. The Morgan fingerprint density at radius 2 is 0.920 bits per heavy atom. The number of rotatable bonds is 4. The van der Waals surface area contributed by atoms with Crippen LogP contribution in [-0.2, 0) is 0 Å². The molecule has 0 aliphatic heterocycles. The molecule has 5 heteroatoms. The average Bonchev–Trinajstić information content (AvgIpc) is 3.69. The zero-order valence-electron chi connectivity index (χ0n) is 26.7. The molecule has 0 amide bonds. The van der Waals surface area contributed by atoms with Crippen molar-refractivity contribution < 1.29 is 0 Å². The second-order valence-corrected chi connectivity index (χ2v) is 12.3. The van der Waals surface area contributed by atoms with E-state index in [0.29, 0.717) is 27.9 Å². The molecule has 0 saturated heterocycles. The Balaban J connectivity index is 1.26. The third kappa shape index (κ3) is 4.31. The Morgan fingerprint density at radius 3 is 1.56 bits per heavy atom. The van der Waals surface area contributed by atoms with Crippen LogP contribution in [0.15, 0.2) is 152 Å². The topological polar surface area (TPSA) is 81.2 Å². The molecule has 0 aliphatic rings. The summed E-state index contributed by atoms with van der Waals surface area (Å²) in [5.74, 6) is 0. The maximum Gasteiger partial charge on any atom is 0.101 e. The first-order valence-electron chi connectivity index (χ1n) is 16.3. The molecule has 0 unspecified atom stereocenters. The van der Waals surface area contributed by atoms with Crippen molar-refractivity contribution >= 4 is 43.6 Å². The largest absolute Gasteiger partial charge is 0.309 e. The number of aromatic nitrogens is 2. The van der Waals surface area contributed by atoms with Crippen molar-refractivity contribution in [2.75, 3.05) is 0 Å². The van der Waals surface area contributed by atoms with Crippen LogP contribution in [0, 0.1) is 34.0 Å². The third-order valence-electron chi connectivity index (χ3n) is 9.61. The molecule has 0 saturated carbocycles. The fourth-order valence-corrected chi connectivity index (χ4v) is 7.46. The van der Waals surface area contributed by atoms with Crippen molar-refractivity contribution in [2.24, 2.45) is 0 Å². The second kappa shape index (κ2) is 11.4. The zero-order chi connectivity index (χ0) is 33.8. The van der Waals surface area contributed by atoms with Crippen LogP contribution >= 0.6 is 0 Å². The standard InChI is InChI=1S/C45H25N5/c46-26-29-19-22-39-38-15-1-4-16-40(38)49(43(39)23-29)35-12-8-10-31(25-35)30-9-7-11-32(24-30)44-33(27-47)20-21-34(28-48)45(44)50-41-17-5-2-13-36(41)37-14-3-6-18-42(37)50/h1-25H. The van der Waals surface area contributed by atoms with Gasteiger partial charge in [-0.25, -0.2) is 0 Å². The lowest BCUT2D eigenvalue weighted by Crippen LogP contribution is -2.03.